The Bertz CT molecular complexity index is 801. The van der Waals surface area contributed by atoms with Gasteiger partial charge in [0, 0.05) is 18.7 Å². The number of piperidine rings is 1. The third-order valence-corrected chi connectivity index (χ3v) is 4.77. The number of hydrogen-bond acceptors (Lipinski definition) is 6. The molecule has 0 aliphatic carbocycles. The van der Waals surface area contributed by atoms with Gasteiger partial charge in [0.05, 0.1) is 5.92 Å². The molecule has 134 valence electrons. The zero-order chi connectivity index (χ0) is 18.0. The van der Waals surface area contributed by atoms with E-state index in [2.05, 4.69) is 15.0 Å². The predicted molar refractivity (Wildman–Crippen MR) is 94.8 cm³/mol. The van der Waals surface area contributed by atoms with Gasteiger partial charge in [-0.1, -0.05) is 31.1 Å². The van der Waals surface area contributed by atoms with Crippen molar-refractivity contribution in [3.8, 4) is 5.75 Å². The molecule has 6 nitrogen and oxygen atoms in total. The number of nitrogens with zero attached hydrogens (tertiary/aromatic N) is 3. The molecule has 1 aromatic carbocycles. The normalized spacial score (nSPS) is 18.6. The average Bonchev–Trinajstić information content (AvgIpc) is 2.97. The van der Waals surface area contributed by atoms with Crippen molar-refractivity contribution in [1.82, 2.24) is 15.0 Å². The highest BCUT2D eigenvalue weighted by atomic mass is 16.5. The number of hydrogen-bond donors (Lipinski definition) is 1. The molecule has 1 unspecified atom stereocenters. The summed E-state index contributed by atoms with van der Waals surface area (Å²) in [6.45, 7) is 8.13. The van der Waals surface area contributed by atoms with E-state index in [-0.39, 0.29) is 23.0 Å². The molecule has 1 fully saturated rings. The minimum atomic E-state index is -0.315. The Balaban J connectivity index is 1.79. The van der Waals surface area contributed by atoms with Crippen LogP contribution >= 0.6 is 0 Å². The van der Waals surface area contributed by atoms with Crippen LogP contribution in [0.1, 0.15) is 61.4 Å². The maximum absolute atomic E-state index is 12.2. The molecule has 1 aromatic heterocycles. The van der Waals surface area contributed by atoms with Gasteiger partial charge in [-0.25, -0.2) is 0 Å². The standard InChI is InChI=1S/C19H25N3O3/c1-12(2)14-6-7-15(18(24)17(23)9-14)10-22-8-4-5-16(11-22)19-20-13(3)21-25-19/h6-7,9,12,16H,4-5,8,10-11H2,1-3H3,(H,23,24). The zero-order valence-corrected chi connectivity index (χ0v) is 15.0. The fourth-order valence-electron chi connectivity index (χ4n) is 3.31. The van der Waals surface area contributed by atoms with Gasteiger partial charge in [0.2, 0.25) is 11.3 Å². The van der Waals surface area contributed by atoms with Gasteiger partial charge in [-0.3, -0.25) is 9.69 Å². The summed E-state index contributed by atoms with van der Waals surface area (Å²) in [5, 5.41) is 14.2. The monoisotopic (exact) mass is 343 g/mol. The van der Waals surface area contributed by atoms with Crippen LogP contribution in [-0.2, 0) is 6.54 Å². The minimum absolute atomic E-state index is 0.150. The van der Waals surface area contributed by atoms with Gasteiger partial charge < -0.3 is 9.63 Å². The van der Waals surface area contributed by atoms with Crippen molar-refractivity contribution in [2.45, 2.75) is 52.0 Å². The van der Waals surface area contributed by atoms with Crippen molar-refractivity contribution in [2.24, 2.45) is 0 Å². The molecule has 1 aliphatic rings. The first-order valence-electron chi connectivity index (χ1n) is 8.82. The van der Waals surface area contributed by atoms with Gasteiger partial charge in [0.15, 0.2) is 11.6 Å². The zero-order valence-electron chi connectivity index (χ0n) is 15.0. The molecule has 2 heterocycles. The van der Waals surface area contributed by atoms with Gasteiger partial charge in [-0.2, -0.15) is 4.98 Å². The largest absolute Gasteiger partial charge is 0.504 e. The second-order valence-corrected chi connectivity index (χ2v) is 7.12. The molecule has 2 aromatic rings. The van der Waals surface area contributed by atoms with Gasteiger partial charge in [-0.15, -0.1) is 0 Å². The van der Waals surface area contributed by atoms with Crippen LogP contribution in [0.5, 0.6) is 5.75 Å². The van der Waals surface area contributed by atoms with Crippen LogP contribution in [0.3, 0.4) is 0 Å². The minimum Gasteiger partial charge on any atom is -0.504 e. The van der Waals surface area contributed by atoms with E-state index in [1.807, 2.05) is 32.9 Å². The number of rotatable bonds is 4. The van der Waals surface area contributed by atoms with Crippen molar-refractivity contribution in [2.75, 3.05) is 13.1 Å². The Morgan fingerprint density at radius 1 is 1.40 bits per heavy atom. The third kappa shape index (κ3) is 4.07. The quantitative estimate of drug-likeness (QED) is 0.919. The van der Waals surface area contributed by atoms with Crippen LogP contribution in [-0.4, -0.2) is 33.2 Å². The molecule has 3 rings (SSSR count). The maximum atomic E-state index is 12.2. The lowest BCUT2D eigenvalue weighted by molar-refractivity contribution is 0.179. The second kappa shape index (κ2) is 7.35. The molecule has 25 heavy (non-hydrogen) atoms. The van der Waals surface area contributed by atoms with Crippen molar-refractivity contribution in [3.63, 3.8) is 0 Å². The lowest BCUT2D eigenvalue weighted by atomic mass is 9.97. The van der Waals surface area contributed by atoms with Crippen LogP contribution in [0.2, 0.25) is 0 Å². The Morgan fingerprint density at radius 2 is 2.20 bits per heavy atom. The highest BCUT2D eigenvalue weighted by Crippen LogP contribution is 2.27. The first-order chi connectivity index (χ1) is 11.9. The van der Waals surface area contributed by atoms with Gasteiger partial charge in [-0.05, 0) is 43.9 Å². The van der Waals surface area contributed by atoms with E-state index in [0.29, 0.717) is 23.8 Å². The molecule has 1 atom stereocenters. The molecule has 1 N–H and O–H groups in total. The summed E-state index contributed by atoms with van der Waals surface area (Å²) in [7, 11) is 0. The molecule has 1 aliphatic heterocycles. The fourth-order valence-corrected chi connectivity index (χ4v) is 3.31. The number of aryl methyl sites for hydroxylation is 1. The van der Waals surface area contributed by atoms with Gasteiger partial charge in [0.25, 0.3) is 0 Å². The van der Waals surface area contributed by atoms with E-state index < -0.39 is 0 Å². The van der Waals surface area contributed by atoms with E-state index in [4.69, 9.17) is 4.52 Å². The number of aromatic nitrogens is 2. The summed E-state index contributed by atoms with van der Waals surface area (Å²) in [5.74, 6) is 1.62. The molecule has 0 spiro atoms. The smallest absolute Gasteiger partial charge is 0.231 e. The molecule has 0 radical (unpaired) electrons. The number of likely N-dealkylation sites (tertiary alicyclic amines) is 1. The van der Waals surface area contributed by atoms with E-state index >= 15 is 0 Å². The highest BCUT2D eigenvalue weighted by Gasteiger charge is 2.26. The van der Waals surface area contributed by atoms with Crippen LogP contribution < -0.4 is 5.43 Å². The SMILES string of the molecule is Cc1noc(C2CCCN(Cc3ccc(C(C)C)cc(=O)c3O)C2)n1. The van der Waals surface area contributed by atoms with Crippen molar-refractivity contribution in [1.29, 1.82) is 0 Å². The number of aromatic hydroxyl groups is 1. The lowest BCUT2D eigenvalue weighted by Gasteiger charge is -2.30. The van der Waals surface area contributed by atoms with Crippen molar-refractivity contribution < 1.29 is 9.63 Å². The summed E-state index contributed by atoms with van der Waals surface area (Å²) < 4.78 is 5.32. The predicted octanol–water partition coefficient (Wildman–Crippen LogP) is 2.95. The van der Waals surface area contributed by atoms with Gasteiger partial charge >= 0.3 is 0 Å². The summed E-state index contributed by atoms with van der Waals surface area (Å²) >= 11 is 0. The van der Waals surface area contributed by atoms with Crippen LogP contribution in [0.25, 0.3) is 0 Å². The third-order valence-electron chi connectivity index (χ3n) is 4.77. The van der Waals surface area contributed by atoms with Crippen molar-refractivity contribution in [3.05, 3.63) is 51.3 Å². The summed E-state index contributed by atoms with van der Waals surface area (Å²) in [6, 6.07) is 5.33. The molecule has 0 amide bonds. The fraction of sp³-hybridized carbons (Fsp3) is 0.526. The summed E-state index contributed by atoms with van der Waals surface area (Å²) in [5.41, 5.74) is 1.29. The molecule has 1 saturated heterocycles. The Kier molecular flexibility index (Phi) is 5.18. The maximum Gasteiger partial charge on any atom is 0.231 e. The first-order valence-corrected chi connectivity index (χ1v) is 8.82. The highest BCUT2D eigenvalue weighted by molar-refractivity contribution is 5.34. The van der Waals surface area contributed by atoms with Gasteiger partial charge in [0.1, 0.15) is 0 Å². The Hall–Kier alpha value is -2.21. The van der Waals surface area contributed by atoms with Crippen molar-refractivity contribution >= 4 is 0 Å². The molecular formula is C19H25N3O3. The van der Waals surface area contributed by atoms with E-state index in [1.54, 1.807) is 0 Å². The Labute approximate surface area is 147 Å². The van der Waals surface area contributed by atoms with E-state index in [0.717, 1.165) is 31.5 Å². The topological polar surface area (TPSA) is 79.5 Å². The molecule has 0 bridgehead atoms. The molecule has 0 saturated carbocycles. The first kappa shape index (κ1) is 17.6. The summed E-state index contributed by atoms with van der Waals surface area (Å²) in [6.07, 6.45) is 2.03. The summed E-state index contributed by atoms with van der Waals surface area (Å²) in [4.78, 5) is 18.8. The lowest BCUT2D eigenvalue weighted by Crippen LogP contribution is -2.34. The van der Waals surface area contributed by atoms with Crippen LogP contribution in [0, 0.1) is 6.92 Å². The second-order valence-electron chi connectivity index (χ2n) is 7.12. The Morgan fingerprint density at radius 3 is 2.88 bits per heavy atom. The van der Waals surface area contributed by atoms with E-state index in [9.17, 15) is 9.90 Å². The van der Waals surface area contributed by atoms with E-state index in [1.165, 1.54) is 6.07 Å². The molecular weight excluding hydrogens is 318 g/mol. The molecule has 6 heteroatoms. The van der Waals surface area contributed by atoms with Crippen LogP contribution in [0.15, 0.2) is 27.5 Å². The van der Waals surface area contributed by atoms with Crippen LogP contribution in [0.4, 0.5) is 0 Å². The average molecular weight is 343 g/mol.